The Balaban J connectivity index is 0.961. The van der Waals surface area contributed by atoms with Gasteiger partial charge < -0.3 is 14.5 Å². The van der Waals surface area contributed by atoms with Gasteiger partial charge in [0.05, 0.1) is 44.3 Å². The van der Waals surface area contributed by atoms with E-state index in [0.717, 1.165) is 106 Å². The minimum atomic E-state index is -0.757. The number of aromatic nitrogens is 4. The minimum absolute atomic E-state index is 0.565. The van der Waals surface area contributed by atoms with Crippen LogP contribution in [0, 0.1) is 0 Å². The van der Waals surface area contributed by atoms with E-state index in [9.17, 15) is 0 Å². The van der Waals surface area contributed by atoms with Crippen LogP contribution in [0.2, 0.25) is 0 Å². The Bertz CT molecular complexity index is 3790. The van der Waals surface area contributed by atoms with E-state index in [1.54, 1.807) is 11.8 Å². The van der Waals surface area contributed by atoms with Gasteiger partial charge in [0.25, 0.3) is 0 Å². The highest BCUT2D eigenvalue weighted by Crippen LogP contribution is 2.65. The van der Waals surface area contributed by atoms with Gasteiger partial charge in [-0.05, 0) is 107 Å². The lowest BCUT2D eigenvalue weighted by molar-refractivity contribution is 0.461. The fourth-order valence-corrected chi connectivity index (χ4v) is 11.9. The number of fused-ring (bicyclic) bond motifs is 13. The van der Waals surface area contributed by atoms with Gasteiger partial charge in [-0.15, -0.1) is 0 Å². The van der Waals surface area contributed by atoms with Crippen molar-refractivity contribution in [3.63, 3.8) is 0 Å². The number of anilines is 6. The van der Waals surface area contributed by atoms with Crippen molar-refractivity contribution in [2.24, 2.45) is 0 Å². The maximum absolute atomic E-state index is 7.18. The standard InChI is InChI=1S/C61H38N6OS/c1-4-18-39(19-5-1)55-44-26-10-12-29-49(44)64-60(65-55)50-35-33-47-57(63-50)56-46(28-17-37-62-56)61(47)45-27-11-15-32-54(45)69-59-48(61)34-36-52-58(59)68-53-31-14-13-30-51(53)67(52)43-25-16-24-42(38-43)66(40-20-6-2-7-21-40)41-22-8-3-9-23-41/h1-38H. The number of hydrogen-bond donors (Lipinski definition) is 0. The molecule has 0 fully saturated rings. The Morgan fingerprint density at radius 2 is 1.16 bits per heavy atom. The largest absolute Gasteiger partial charge is 0.452 e. The third-order valence-corrected chi connectivity index (χ3v) is 14.7. The number of hydrogen-bond acceptors (Lipinski definition) is 8. The van der Waals surface area contributed by atoms with Crippen LogP contribution in [0.5, 0.6) is 11.5 Å². The molecule has 0 radical (unpaired) electrons. The SMILES string of the molecule is c1ccc(-c2nc(-c3ccc4c(n3)-c3ncccc3C43c4ccccc4Sc4c3ccc3c4Oc4ccccc4N3c3cccc(N(c4ccccc4)c4ccccc4)c3)nc3ccccc23)cc1. The molecule has 0 saturated heterocycles. The van der Waals surface area contributed by atoms with Crippen molar-refractivity contribution in [3.05, 3.63) is 253 Å². The zero-order chi connectivity index (χ0) is 45.5. The smallest absolute Gasteiger partial charge is 0.179 e. The molecule has 1 spiro atoms. The highest BCUT2D eigenvalue weighted by atomic mass is 32.2. The van der Waals surface area contributed by atoms with Gasteiger partial charge in [-0.25, -0.2) is 15.0 Å². The Morgan fingerprint density at radius 1 is 0.478 bits per heavy atom. The molecular weight excluding hydrogens is 865 g/mol. The zero-order valence-corrected chi connectivity index (χ0v) is 37.8. The average molecular weight is 903 g/mol. The number of rotatable bonds is 6. The number of pyridine rings is 2. The summed E-state index contributed by atoms with van der Waals surface area (Å²) in [5, 5.41) is 0.994. The normalized spacial score (nSPS) is 14.8. The van der Waals surface area contributed by atoms with Gasteiger partial charge in [-0.1, -0.05) is 151 Å². The van der Waals surface area contributed by atoms with E-state index in [4.69, 9.17) is 24.7 Å². The molecule has 7 nitrogen and oxygen atoms in total. The van der Waals surface area contributed by atoms with Crippen molar-refractivity contribution in [1.29, 1.82) is 0 Å². The molecule has 14 rings (SSSR count). The van der Waals surface area contributed by atoms with Crippen LogP contribution >= 0.6 is 11.8 Å². The van der Waals surface area contributed by atoms with Gasteiger partial charge in [-0.2, -0.15) is 0 Å². The first kappa shape index (κ1) is 39.3. The first-order valence-corrected chi connectivity index (χ1v) is 23.9. The summed E-state index contributed by atoms with van der Waals surface area (Å²) in [6.07, 6.45) is 1.87. The highest BCUT2D eigenvalue weighted by Gasteiger charge is 2.53. The van der Waals surface area contributed by atoms with Crippen molar-refractivity contribution in [2.75, 3.05) is 9.80 Å². The van der Waals surface area contributed by atoms with Crippen LogP contribution < -0.4 is 14.5 Å². The van der Waals surface area contributed by atoms with Crippen LogP contribution in [0.1, 0.15) is 22.3 Å². The summed E-state index contributed by atoms with van der Waals surface area (Å²) >= 11 is 1.76. The Hall–Kier alpha value is -8.85. The van der Waals surface area contributed by atoms with Crippen molar-refractivity contribution < 1.29 is 4.74 Å². The van der Waals surface area contributed by atoms with Crippen LogP contribution in [0.3, 0.4) is 0 Å². The third-order valence-electron chi connectivity index (χ3n) is 13.5. The van der Waals surface area contributed by atoms with Gasteiger partial charge in [0.15, 0.2) is 17.3 Å². The zero-order valence-electron chi connectivity index (χ0n) is 36.9. The molecule has 1 atom stereocenters. The van der Waals surface area contributed by atoms with Crippen LogP contribution in [0.4, 0.5) is 34.1 Å². The molecular formula is C61H38N6OS. The van der Waals surface area contributed by atoms with E-state index in [0.29, 0.717) is 11.5 Å². The summed E-state index contributed by atoms with van der Waals surface area (Å²) in [5.74, 6) is 2.15. The lowest BCUT2D eigenvalue weighted by Crippen LogP contribution is -2.32. The van der Waals surface area contributed by atoms with E-state index in [1.807, 2.05) is 54.7 Å². The van der Waals surface area contributed by atoms with Crippen molar-refractivity contribution >= 4 is 56.8 Å². The van der Waals surface area contributed by atoms with Crippen LogP contribution in [0.25, 0.3) is 45.1 Å². The molecule has 5 heterocycles. The molecule has 3 aliphatic rings. The quantitative estimate of drug-likeness (QED) is 0.163. The summed E-state index contributed by atoms with van der Waals surface area (Å²) in [5.41, 5.74) is 14.9. The van der Waals surface area contributed by atoms with Crippen LogP contribution in [-0.4, -0.2) is 19.9 Å². The van der Waals surface area contributed by atoms with E-state index in [1.165, 1.54) is 5.56 Å². The summed E-state index contributed by atoms with van der Waals surface area (Å²) < 4.78 is 7.18. The Kier molecular flexibility index (Phi) is 8.90. The number of nitrogens with zero attached hydrogens (tertiary/aromatic N) is 6. The molecule has 69 heavy (non-hydrogen) atoms. The molecule has 324 valence electrons. The van der Waals surface area contributed by atoms with E-state index in [-0.39, 0.29) is 0 Å². The van der Waals surface area contributed by atoms with E-state index < -0.39 is 5.41 Å². The van der Waals surface area contributed by atoms with E-state index in [2.05, 4.69) is 186 Å². The molecule has 0 saturated carbocycles. The third kappa shape index (κ3) is 6.02. The molecule has 1 unspecified atom stereocenters. The molecule has 1 aliphatic carbocycles. The molecule has 0 amide bonds. The van der Waals surface area contributed by atoms with Gasteiger partial charge in [0.2, 0.25) is 0 Å². The van der Waals surface area contributed by atoms with Crippen molar-refractivity contribution in [1.82, 2.24) is 19.9 Å². The summed E-state index contributed by atoms with van der Waals surface area (Å²) in [6, 6.07) is 78.6. The Labute approximate surface area is 403 Å². The lowest BCUT2D eigenvalue weighted by Gasteiger charge is -2.42. The average Bonchev–Trinajstić information content (AvgIpc) is 3.70. The second-order valence-corrected chi connectivity index (χ2v) is 18.4. The molecule has 0 bridgehead atoms. The van der Waals surface area contributed by atoms with Crippen molar-refractivity contribution in [3.8, 4) is 45.7 Å². The second kappa shape index (κ2) is 15.6. The predicted molar refractivity (Wildman–Crippen MR) is 277 cm³/mol. The summed E-state index contributed by atoms with van der Waals surface area (Å²) in [7, 11) is 0. The minimum Gasteiger partial charge on any atom is -0.452 e. The molecule has 3 aromatic heterocycles. The van der Waals surface area contributed by atoms with Gasteiger partial charge >= 0.3 is 0 Å². The lowest BCUT2D eigenvalue weighted by atomic mass is 9.67. The second-order valence-electron chi connectivity index (χ2n) is 17.3. The number of para-hydroxylation sites is 5. The fourth-order valence-electron chi connectivity index (χ4n) is 10.7. The van der Waals surface area contributed by atoms with Crippen molar-refractivity contribution in [2.45, 2.75) is 15.2 Å². The molecule has 11 aromatic rings. The monoisotopic (exact) mass is 902 g/mol. The highest BCUT2D eigenvalue weighted by molar-refractivity contribution is 7.99. The fraction of sp³-hybridized carbons (Fsp3) is 0.0164. The molecule has 0 N–H and O–H groups in total. The first-order chi connectivity index (χ1) is 34.2. The molecule has 8 aromatic carbocycles. The topological polar surface area (TPSA) is 67.3 Å². The first-order valence-electron chi connectivity index (χ1n) is 23.0. The maximum atomic E-state index is 7.18. The van der Waals surface area contributed by atoms with Crippen LogP contribution in [-0.2, 0) is 5.41 Å². The predicted octanol–water partition coefficient (Wildman–Crippen LogP) is 15.6. The van der Waals surface area contributed by atoms with Crippen LogP contribution in [0.15, 0.2) is 240 Å². The molecule has 8 heteroatoms. The Morgan fingerprint density at radius 3 is 2.00 bits per heavy atom. The van der Waals surface area contributed by atoms with Gasteiger partial charge in [-0.3, -0.25) is 4.98 Å². The molecule has 2 aliphatic heterocycles. The van der Waals surface area contributed by atoms with Gasteiger partial charge in [0, 0.05) is 44.8 Å². The number of benzene rings is 8. The summed E-state index contributed by atoms with van der Waals surface area (Å²) in [4.78, 5) is 27.8. The van der Waals surface area contributed by atoms with E-state index >= 15 is 0 Å². The summed E-state index contributed by atoms with van der Waals surface area (Å²) in [6.45, 7) is 0. The number of ether oxygens (including phenoxy) is 1. The maximum Gasteiger partial charge on any atom is 0.179 e. The van der Waals surface area contributed by atoms with Gasteiger partial charge in [0.1, 0.15) is 5.69 Å².